The van der Waals surface area contributed by atoms with Gasteiger partial charge in [0.2, 0.25) is 0 Å². The van der Waals surface area contributed by atoms with E-state index in [1.165, 1.54) is 17.7 Å². The monoisotopic (exact) mass is 388 g/mol. The fourth-order valence-corrected chi connectivity index (χ4v) is 3.99. The zero-order valence-electron chi connectivity index (χ0n) is 14.6. The molecule has 2 rings (SSSR count). The van der Waals surface area contributed by atoms with Crippen molar-refractivity contribution >= 4 is 31.2 Å². The number of hydrogen-bond donors (Lipinski definition) is 3. The van der Waals surface area contributed by atoms with Crippen molar-refractivity contribution in [3.05, 3.63) is 26.9 Å². The van der Waals surface area contributed by atoms with Crippen LogP contribution in [0.15, 0.2) is 11.0 Å². The fourth-order valence-electron chi connectivity index (χ4n) is 2.78. The number of nitrogens with one attached hydrogen (secondary N) is 1. The Hall–Kier alpha value is -1.05. The Labute approximate surface area is 151 Å². The number of H-pyrrole nitrogens is 1. The Morgan fingerprint density at radius 1 is 1.44 bits per heavy atom. The molecule has 1 aromatic heterocycles. The number of ether oxygens (including phenoxy) is 1. The summed E-state index contributed by atoms with van der Waals surface area (Å²) >= 11 is 5.15. The quantitative estimate of drug-likeness (QED) is 0.491. The zero-order valence-corrected chi connectivity index (χ0v) is 16.3. The first kappa shape index (κ1) is 20.3. The molecule has 0 spiro atoms. The number of carbonyl (C=O) groups excluding carboxylic acids is 1. The number of ketones is 1. The van der Waals surface area contributed by atoms with Crippen LogP contribution in [0.2, 0.25) is 0 Å². The van der Waals surface area contributed by atoms with Crippen molar-refractivity contribution < 1.29 is 19.7 Å². The molecule has 7 nitrogen and oxygen atoms in total. The number of aromatic nitrogens is 2. The average molecular weight is 388 g/mol. The lowest BCUT2D eigenvalue weighted by Gasteiger charge is -2.19. The van der Waals surface area contributed by atoms with Crippen LogP contribution in [0.25, 0.3) is 0 Å². The summed E-state index contributed by atoms with van der Waals surface area (Å²) in [6.45, 7) is 4.29. The maximum atomic E-state index is 11.9. The minimum atomic E-state index is -1.28. The zero-order chi connectivity index (χ0) is 18.9. The van der Waals surface area contributed by atoms with Gasteiger partial charge in [-0.3, -0.25) is 19.1 Å². The van der Waals surface area contributed by atoms with E-state index in [9.17, 15) is 19.8 Å². The minimum Gasteiger partial charge on any atom is -0.388 e. The van der Waals surface area contributed by atoms with E-state index in [0.29, 0.717) is 6.42 Å². The molecule has 2 heterocycles. The van der Waals surface area contributed by atoms with E-state index in [0.717, 1.165) is 6.16 Å². The Balaban J connectivity index is 2.29. The molecule has 9 heteroatoms. The van der Waals surface area contributed by atoms with E-state index in [1.807, 2.05) is 0 Å². The number of hydrogen-bond acceptors (Lipinski definition) is 6. The Morgan fingerprint density at radius 3 is 2.64 bits per heavy atom. The molecule has 25 heavy (non-hydrogen) atoms. The van der Waals surface area contributed by atoms with Crippen LogP contribution in [0.4, 0.5) is 0 Å². The van der Waals surface area contributed by atoms with Crippen LogP contribution in [0, 0.1) is 4.77 Å². The van der Waals surface area contributed by atoms with Crippen molar-refractivity contribution in [2.24, 2.45) is 0 Å². The summed E-state index contributed by atoms with van der Waals surface area (Å²) in [6, 6.07) is 0. The number of rotatable bonds is 6. The van der Waals surface area contributed by atoms with E-state index in [4.69, 9.17) is 17.0 Å². The number of carbonyl (C=O) groups is 1. The molecule has 0 amide bonds. The molecule has 0 aliphatic carbocycles. The van der Waals surface area contributed by atoms with E-state index < -0.39 is 37.0 Å². The first-order valence-corrected chi connectivity index (χ1v) is 11.5. The number of aliphatic hydroxyl groups is 2. The van der Waals surface area contributed by atoms with E-state index in [2.05, 4.69) is 24.6 Å². The second kappa shape index (κ2) is 7.68. The normalized spacial score (nSPS) is 26.8. The van der Waals surface area contributed by atoms with Crippen LogP contribution in [0.3, 0.4) is 0 Å². The predicted molar refractivity (Wildman–Crippen MR) is 102 cm³/mol. The van der Waals surface area contributed by atoms with E-state index >= 15 is 0 Å². The topological polar surface area (TPSA) is 105 Å². The van der Waals surface area contributed by atoms with Crippen molar-refractivity contribution in [2.45, 2.75) is 44.3 Å². The molecule has 0 radical (unpaired) electrons. The van der Waals surface area contributed by atoms with Gasteiger partial charge in [-0.05, 0) is 45.1 Å². The second-order valence-electron chi connectivity index (χ2n) is 7.19. The van der Waals surface area contributed by atoms with Gasteiger partial charge in [0, 0.05) is 18.2 Å². The standard InChI is InChI=1S/C16H25N2O5PS/c1-9(19)7-10-8-18(16(25)17-14(10)22)15-13(21)12(20)11(23-15)5-6-24(2,3)4/h8,11-13,15,20-21H,2,5-7H2,1,3-4H3,(H,17,22,25)/t11?,12-,13-,15-/m1/s1. The molecule has 4 atom stereocenters. The van der Waals surface area contributed by atoms with Gasteiger partial charge in [0.15, 0.2) is 11.0 Å². The third-order valence-electron chi connectivity index (χ3n) is 4.11. The Kier molecular flexibility index (Phi) is 6.22. The van der Waals surface area contributed by atoms with Crippen LogP contribution >= 0.6 is 19.1 Å². The van der Waals surface area contributed by atoms with Crippen LogP contribution in [-0.4, -0.2) is 69.7 Å². The highest BCUT2D eigenvalue weighted by Crippen LogP contribution is 2.39. The molecule has 0 aromatic carbocycles. The molecule has 1 saturated heterocycles. The largest absolute Gasteiger partial charge is 0.388 e. The highest BCUT2D eigenvalue weighted by Gasteiger charge is 2.43. The van der Waals surface area contributed by atoms with E-state index in [-0.39, 0.29) is 22.5 Å². The number of aromatic amines is 1. The molecule has 1 unspecified atom stereocenters. The predicted octanol–water partition coefficient (Wildman–Crippen LogP) is 0.756. The van der Waals surface area contributed by atoms with Crippen LogP contribution < -0.4 is 5.56 Å². The van der Waals surface area contributed by atoms with Crippen molar-refractivity contribution in [1.82, 2.24) is 9.55 Å². The number of Topliss-reactive ketones (excluding diaryl/α,β-unsaturated/α-hetero) is 1. The first-order valence-electron chi connectivity index (χ1n) is 8.02. The van der Waals surface area contributed by atoms with Gasteiger partial charge in [-0.25, -0.2) is 0 Å². The first-order chi connectivity index (χ1) is 11.5. The molecule has 0 bridgehead atoms. The van der Waals surface area contributed by atoms with Crippen molar-refractivity contribution in [3.8, 4) is 0 Å². The lowest BCUT2D eigenvalue weighted by Crippen LogP contribution is -2.32. The summed E-state index contributed by atoms with van der Waals surface area (Å²) in [5.74, 6) is -0.165. The van der Waals surface area contributed by atoms with Crippen molar-refractivity contribution in [2.75, 3.05) is 19.5 Å². The Bertz CT molecular complexity index is 811. The van der Waals surface area contributed by atoms with Gasteiger partial charge < -0.3 is 14.9 Å². The molecule has 1 fully saturated rings. The summed E-state index contributed by atoms with van der Waals surface area (Å²) in [5, 5.41) is 20.7. The molecule has 1 aliphatic rings. The highest BCUT2D eigenvalue weighted by molar-refractivity contribution is 7.72. The average Bonchev–Trinajstić information content (AvgIpc) is 2.75. The van der Waals surface area contributed by atoms with Crippen molar-refractivity contribution in [1.29, 1.82) is 0 Å². The van der Waals surface area contributed by atoms with Crippen LogP contribution in [0.5, 0.6) is 0 Å². The van der Waals surface area contributed by atoms with E-state index in [1.54, 1.807) is 0 Å². The van der Waals surface area contributed by atoms with Gasteiger partial charge in [0.1, 0.15) is 18.0 Å². The smallest absolute Gasteiger partial charge is 0.255 e. The molecule has 140 valence electrons. The summed E-state index contributed by atoms with van der Waals surface area (Å²) in [4.78, 5) is 25.7. The number of aliphatic hydroxyl groups excluding tert-OH is 2. The molecule has 0 saturated carbocycles. The molecule has 3 N–H and O–H groups in total. The Morgan fingerprint density at radius 2 is 2.08 bits per heavy atom. The van der Waals surface area contributed by atoms with Gasteiger partial charge in [-0.2, -0.15) is 0 Å². The van der Waals surface area contributed by atoms with Crippen LogP contribution in [-0.2, 0) is 16.0 Å². The maximum absolute atomic E-state index is 11.9. The lowest BCUT2D eigenvalue weighted by atomic mass is 10.1. The van der Waals surface area contributed by atoms with Gasteiger partial charge in [-0.1, -0.05) is 0 Å². The fraction of sp³-hybridized carbons (Fsp3) is 0.625. The summed E-state index contributed by atoms with van der Waals surface area (Å²) in [6.07, 6.45) is 3.22. The molecule has 1 aliphatic heterocycles. The van der Waals surface area contributed by atoms with Crippen molar-refractivity contribution in [3.63, 3.8) is 0 Å². The van der Waals surface area contributed by atoms with Gasteiger partial charge in [0.25, 0.3) is 5.56 Å². The maximum Gasteiger partial charge on any atom is 0.255 e. The third-order valence-corrected chi connectivity index (χ3v) is 5.89. The van der Waals surface area contributed by atoms with Gasteiger partial charge >= 0.3 is 0 Å². The van der Waals surface area contributed by atoms with Crippen LogP contribution in [0.1, 0.15) is 25.1 Å². The number of nitrogens with zero attached hydrogens (tertiary/aromatic N) is 1. The lowest BCUT2D eigenvalue weighted by molar-refractivity contribution is -0.116. The summed E-state index contributed by atoms with van der Waals surface area (Å²) in [7, 11) is 0. The third kappa shape index (κ3) is 4.99. The molecule has 1 aromatic rings. The minimum absolute atomic E-state index is 0.0417. The van der Waals surface area contributed by atoms with Gasteiger partial charge in [0.05, 0.1) is 6.10 Å². The molecular formula is C16H25N2O5PS. The SMILES string of the molecule is C=P(C)(C)CCC1O[C@@H](n2cc(CC(C)=O)c(=O)[nH]c2=S)[C@H](O)[C@@H]1O. The summed E-state index contributed by atoms with van der Waals surface area (Å²) in [5.41, 5.74) is -0.204. The summed E-state index contributed by atoms with van der Waals surface area (Å²) < 4.78 is 7.29. The second-order valence-corrected chi connectivity index (χ2v) is 11.9. The highest BCUT2D eigenvalue weighted by atomic mass is 32.1. The molecular weight excluding hydrogens is 363 g/mol. The van der Waals surface area contributed by atoms with Gasteiger partial charge in [-0.15, -0.1) is 13.2 Å².